The summed E-state index contributed by atoms with van der Waals surface area (Å²) < 4.78 is 17.6. The number of anilines is 1. The van der Waals surface area contributed by atoms with Crippen molar-refractivity contribution < 1.29 is 9.18 Å². The fraction of sp³-hybridized carbons (Fsp3) is 0.176. The molecule has 12 heteroatoms. The highest BCUT2D eigenvalue weighted by Gasteiger charge is 2.19. The number of carbonyl (C=O) groups is 1. The molecule has 0 aliphatic carbocycles. The second-order valence-corrected chi connectivity index (χ2v) is 7.12. The lowest BCUT2D eigenvalue weighted by atomic mass is 10.2. The average Bonchev–Trinajstić information content (AvgIpc) is 3.29. The molecule has 3 heterocycles. The minimum Gasteiger partial charge on any atom is -0.328 e. The van der Waals surface area contributed by atoms with Gasteiger partial charge in [-0.2, -0.15) is 9.78 Å². The van der Waals surface area contributed by atoms with Crippen LogP contribution in [-0.2, 0) is 7.05 Å². The van der Waals surface area contributed by atoms with E-state index in [1.54, 1.807) is 32.4 Å². The van der Waals surface area contributed by atoms with E-state index in [1.165, 1.54) is 27.7 Å². The third kappa shape index (κ3) is 3.57. The predicted octanol–water partition coefficient (Wildman–Crippen LogP) is 1.99. The Labute approximate surface area is 167 Å². The molecule has 2 amide bonds. The van der Waals surface area contributed by atoms with Gasteiger partial charge in [-0.05, 0) is 25.1 Å². The molecule has 0 saturated carbocycles. The molecule has 0 aliphatic heterocycles. The van der Waals surface area contributed by atoms with Gasteiger partial charge in [-0.3, -0.25) is 4.79 Å². The molecule has 10 nitrogen and oxygen atoms in total. The summed E-state index contributed by atoms with van der Waals surface area (Å²) in [6.07, 6.45) is 4.46. The van der Waals surface area contributed by atoms with Crippen molar-refractivity contribution in [2.24, 2.45) is 7.05 Å². The molecule has 0 bridgehead atoms. The second kappa shape index (κ2) is 7.39. The number of hydrogen-bond acceptors (Lipinski definition) is 7. The number of carbonyl (C=O) groups excluding carboxylic acids is 1. The Morgan fingerprint density at radius 2 is 2.00 bits per heavy atom. The van der Waals surface area contributed by atoms with E-state index in [2.05, 4.69) is 30.7 Å². The van der Waals surface area contributed by atoms with Crippen LogP contribution in [0.5, 0.6) is 0 Å². The lowest BCUT2D eigenvalue weighted by Gasteiger charge is -2.15. The van der Waals surface area contributed by atoms with Crippen LogP contribution in [0.25, 0.3) is 16.2 Å². The lowest BCUT2D eigenvalue weighted by Crippen LogP contribution is -2.33. The highest BCUT2D eigenvalue weighted by Crippen LogP contribution is 2.24. The second-order valence-electron chi connectivity index (χ2n) is 6.13. The van der Waals surface area contributed by atoms with Crippen LogP contribution in [0.4, 0.5) is 14.9 Å². The van der Waals surface area contributed by atoms with Crippen molar-refractivity contribution >= 4 is 33.3 Å². The Kier molecular flexibility index (Phi) is 4.76. The zero-order chi connectivity index (χ0) is 20.5. The standard InChI is InChI=1S/C17H15FN8O2S/c1-9(14-21-8-22-26(14)15-19-4-3-5-20-15)23-16(27)24-11-7-12-13(6-10(11)18)29-17(28)25(12)2/h3-9H,1-2H3,(H2,23,24,27). The smallest absolute Gasteiger partial charge is 0.319 e. The van der Waals surface area contributed by atoms with Gasteiger partial charge < -0.3 is 15.2 Å². The van der Waals surface area contributed by atoms with E-state index < -0.39 is 17.9 Å². The van der Waals surface area contributed by atoms with E-state index in [0.717, 1.165) is 11.3 Å². The number of aryl methyl sites for hydroxylation is 1. The van der Waals surface area contributed by atoms with E-state index in [-0.39, 0.29) is 10.6 Å². The molecule has 3 aromatic heterocycles. The van der Waals surface area contributed by atoms with Gasteiger partial charge in [-0.25, -0.2) is 24.1 Å². The summed E-state index contributed by atoms with van der Waals surface area (Å²) in [7, 11) is 1.59. The third-order valence-electron chi connectivity index (χ3n) is 4.18. The number of benzene rings is 1. The Bertz CT molecular complexity index is 1250. The molecule has 4 aromatic rings. The summed E-state index contributed by atoms with van der Waals surface area (Å²) >= 11 is 0.938. The fourth-order valence-electron chi connectivity index (χ4n) is 2.76. The Hall–Kier alpha value is -3.67. The van der Waals surface area contributed by atoms with Gasteiger partial charge in [-0.1, -0.05) is 11.3 Å². The highest BCUT2D eigenvalue weighted by atomic mass is 32.1. The van der Waals surface area contributed by atoms with Gasteiger partial charge >= 0.3 is 10.9 Å². The van der Waals surface area contributed by atoms with Gasteiger partial charge in [0.2, 0.25) is 0 Å². The average molecular weight is 414 g/mol. The first-order valence-corrected chi connectivity index (χ1v) is 9.29. The first-order valence-electron chi connectivity index (χ1n) is 8.48. The molecule has 148 valence electrons. The first kappa shape index (κ1) is 18.7. The molecule has 0 spiro atoms. The molecule has 4 rings (SSSR count). The number of urea groups is 1. The molecule has 0 aliphatic rings. The molecule has 2 N–H and O–H groups in total. The normalized spacial score (nSPS) is 12.1. The van der Waals surface area contributed by atoms with Crippen LogP contribution < -0.4 is 15.5 Å². The van der Waals surface area contributed by atoms with Crippen molar-refractivity contribution in [3.8, 4) is 5.95 Å². The molecule has 1 aromatic carbocycles. The SMILES string of the molecule is CC(NC(=O)Nc1cc2c(cc1F)sc(=O)n2C)c1ncnn1-c1ncccn1. The minimum atomic E-state index is -0.639. The number of fused-ring (bicyclic) bond motifs is 1. The molecule has 29 heavy (non-hydrogen) atoms. The molecule has 0 fully saturated rings. The topological polar surface area (TPSA) is 120 Å². The maximum absolute atomic E-state index is 14.3. The number of thiazole rings is 1. The van der Waals surface area contributed by atoms with E-state index in [4.69, 9.17) is 0 Å². The number of hydrogen-bond donors (Lipinski definition) is 2. The van der Waals surface area contributed by atoms with Crippen molar-refractivity contribution in [1.82, 2.24) is 34.6 Å². The van der Waals surface area contributed by atoms with Gasteiger partial charge in [0.25, 0.3) is 5.95 Å². The molecule has 1 unspecified atom stereocenters. The Balaban J connectivity index is 1.53. The van der Waals surface area contributed by atoms with E-state index >= 15 is 0 Å². The summed E-state index contributed by atoms with van der Waals surface area (Å²) in [5.74, 6) is 0.0782. The Morgan fingerprint density at radius 3 is 2.76 bits per heavy atom. The number of halogens is 1. The van der Waals surface area contributed by atoms with Crippen LogP contribution in [0.1, 0.15) is 18.8 Å². The predicted molar refractivity (Wildman–Crippen MR) is 105 cm³/mol. The maximum atomic E-state index is 14.3. The van der Waals surface area contributed by atoms with Crippen LogP contribution in [0, 0.1) is 5.82 Å². The van der Waals surface area contributed by atoms with Crippen LogP contribution in [0.15, 0.2) is 41.7 Å². The Morgan fingerprint density at radius 1 is 1.24 bits per heavy atom. The monoisotopic (exact) mass is 414 g/mol. The third-order valence-corrected chi connectivity index (χ3v) is 5.18. The van der Waals surface area contributed by atoms with E-state index in [0.29, 0.717) is 22.0 Å². The molecular weight excluding hydrogens is 399 g/mol. The van der Waals surface area contributed by atoms with Crippen LogP contribution in [0.2, 0.25) is 0 Å². The molecule has 1 atom stereocenters. The largest absolute Gasteiger partial charge is 0.328 e. The van der Waals surface area contributed by atoms with E-state index in [9.17, 15) is 14.0 Å². The number of aromatic nitrogens is 6. The zero-order valence-electron chi connectivity index (χ0n) is 15.3. The molecule has 0 radical (unpaired) electrons. The summed E-state index contributed by atoms with van der Waals surface area (Å²) in [5.41, 5.74) is 0.495. The fourth-order valence-corrected chi connectivity index (χ4v) is 3.65. The number of nitrogens with zero attached hydrogens (tertiary/aromatic N) is 6. The first-order chi connectivity index (χ1) is 13.9. The zero-order valence-corrected chi connectivity index (χ0v) is 16.1. The van der Waals surface area contributed by atoms with Crippen LogP contribution in [-0.4, -0.2) is 35.3 Å². The van der Waals surface area contributed by atoms with Crippen molar-refractivity contribution in [3.63, 3.8) is 0 Å². The maximum Gasteiger partial charge on any atom is 0.319 e. The van der Waals surface area contributed by atoms with Crippen molar-refractivity contribution in [1.29, 1.82) is 0 Å². The molecular formula is C17H15FN8O2S. The quantitative estimate of drug-likeness (QED) is 0.527. The number of amides is 2. The van der Waals surface area contributed by atoms with Gasteiger partial charge in [0.1, 0.15) is 12.1 Å². The summed E-state index contributed by atoms with van der Waals surface area (Å²) in [6, 6.07) is 3.11. The summed E-state index contributed by atoms with van der Waals surface area (Å²) in [6.45, 7) is 1.70. The van der Waals surface area contributed by atoms with Gasteiger partial charge in [0.15, 0.2) is 5.82 Å². The van der Waals surface area contributed by atoms with Crippen molar-refractivity contribution in [2.75, 3.05) is 5.32 Å². The highest BCUT2D eigenvalue weighted by molar-refractivity contribution is 7.16. The molecule has 0 saturated heterocycles. The van der Waals surface area contributed by atoms with Gasteiger partial charge in [-0.15, -0.1) is 0 Å². The summed E-state index contributed by atoms with van der Waals surface area (Å²) in [5, 5.41) is 9.22. The van der Waals surface area contributed by atoms with Gasteiger partial charge in [0, 0.05) is 19.4 Å². The summed E-state index contributed by atoms with van der Waals surface area (Å²) in [4.78, 5) is 36.3. The van der Waals surface area contributed by atoms with Crippen molar-refractivity contribution in [3.05, 3.63) is 58.2 Å². The van der Waals surface area contributed by atoms with Gasteiger partial charge in [0.05, 0.1) is 21.9 Å². The van der Waals surface area contributed by atoms with Crippen LogP contribution >= 0.6 is 11.3 Å². The van der Waals surface area contributed by atoms with E-state index in [1.807, 2.05) is 0 Å². The number of rotatable bonds is 4. The number of nitrogens with one attached hydrogen (secondary N) is 2. The van der Waals surface area contributed by atoms with Crippen LogP contribution in [0.3, 0.4) is 0 Å². The lowest BCUT2D eigenvalue weighted by molar-refractivity contribution is 0.248. The van der Waals surface area contributed by atoms with Crippen molar-refractivity contribution in [2.45, 2.75) is 13.0 Å². The minimum absolute atomic E-state index is 0.0385.